The van der Waals surface area contributed by atoms with Crippen LogP contribution in [0.25, 0.3) is 0 Å². The predicted octanol–water partition coefficient (Wildman–Crippen LogP) is 2.95. The van der Waals surface area contributed by atoms with E-state index in [1.165, 1.54) is 17.0 Å². The first-order valence-corrected chi connectivity index (χ1v) is 14.2. The summed E-state index contributed by atoms with van der Waals surface area (Å²) in [5, 5.41) is 2.29. The third-order valence-electron chi connectivity index (χ3n) is 8.44. The van der Waals surface area contributed by atoms with Gasteiger partial charge in [0.25, 0.3) is 5.91 Å². The first-order valence-electron chi connectivity index (χ1n) is 14.2. The number of anilines is 1. The molecule has 1 aromatic rings. The van der Waals surface area contributed by atoms with Crippen molar-refractivity contribution < 1.29 is 32.7 Å². The Morgan fingerprint density at radius 2 is 1.75 bits per heavy atom. The maximum atomic E-state index is 15.7. The smallest absolute Gasteiger partial charge is 0.309 e. The summed E-state index contributed by atoms with van der Waals surface area (Å²) < 4.78 is 35.9. The molecule has 40 heavy (non-hydrogen) atoms. The number of halogens is 2. The number of carbonyl (C=O) groups is 4. The summed E-state index contributed by atoms with van der Waals surface area (Å²) >= 11 is 0. The monoisotopic (exact) mass is 560 g/mol. The van der Waals surface area contributed by atoms with Gasteiger partial charge in [-0.2, -0.15) is 0 Å². The van der Waals surface area contributed by atoms with Crippen molar-refractivity contribution in [2.75, 3.05) is 37.6 Å². The van der Waals surface area contributed by atoms with E-state index in [-0.39, 0.29) is 49.3 Å². The van der Waals surface area contributed by atoms with Crippen molar-refractivity contribution in [3.63, 3.8) is 0 Å². The predicted molar refractivity (Wildman–Crippen MR) is 143 cm³/mol. The van der Waals surface area contributed by atoms with Crippen LogP contribution in [0, 0.1) is 11.7 Å². The van der Waals surface area contributed by atoms with Gasteiger partial charge in [0, 0.05) is 62.5 Å². The summed E-state index contributed by atoms with van der Waals surface area (Å²) in [5.41, 5.74) is -0.390. The molecular weight excluding hydrogens is 522 g/mol. The van der Waals surface area contributed by atoms with Crippen LogP contribution in [-0.4, -0.2) is 83.5 Å². The zero-order valence-corrected chi connectivity index (χ0v) is 23.4. The fraction of sp³-hybridized carbons (Fsp3) is 0.655. The molecule has 1 aromatic carbocycles. The van der Waals surface area contributed by atoms with E-state index in [0.717, 1.165) is 0 Å². The molecule has 3 fully saturated rings. The van der Waals surface area contributed by atoms with E-state index >= 15 is 4.39 Å². The SMILES string of the molecule is CC(C)(C)OC(=O)C1CCC(F)(CN2CCN(c3cc(F)cc4c3CN(C3CCC(=O)NC3=O)C4=O)CC2)CC1. The van der Waals surface area contributed by atoms with Gasteiger partial charge in [0.2, 0.25) is 11.8 Å². The summed E-state index contributed by atoms with van der Waals surface area (Å²) in [6.07, 6.45) is 1.96. The fourth-order valence-electron chi connectivity index (χ4n) is 6.35. The lowest BCUT2D eigenvalue weighted by Gasteiger charge is -2.41. The lowest BCUT2D eigenvalue weighted by Crippen LogP contribution is -2.52. The minimum atomic E-state index is -1.37. The minimum Gasteiger partial charge on any atom is -0.460 e. The first kappa shape index (κ1) is 28.4. The molecule has 5 rings (SSSR count). The second kappa shape index (κ2) is 10.7. The van der Waals surface area contributed by atoms with Gasteiger partial charge >= 0.3 is 5.97 Å². The average molecular weight is 561 g/mol. The van der Waals surface area contributed by atoms with Gasteiger partial charge in [-0.1, -0.05) is 0 Å². The van der Waals surface area contributed by atoms with Gasteiger partial charge in [0.1, 0.15) is 23.1 Å². The van der Waals surface area contributed by atoms with E-state index in [1.54, 1.807) is 0 Å². The number of esters is 1. The second-order valence-corrected chi connectivity index (χ2v) is 12.6. The van der Waals surface area contributed by atoms with Gasteiger partial charge < -0.3 is 14.5 Å². The van der Waals surface area contributed by atoms with Crippen LogP contribution in [0.15, 0.2) is 12.1 Å². The van der Waals surface area contributed by atoms with E-state index in [2.05, 4.69) is 10.2 Å². The van der Waals surface area contributed by atoms with Crippen LogP contribution in [0.2, 0.25) is 0 Å². The van der Waals surface area contributed by atoms with Gasteiger partial charge in [-0.15, -0.1) is 0 Å². The Bertz CT molecular complexity index is 1200. The highest BCUT2D eigenvalue weighted by molar-refractivity contribution is 6.06. The Morgan fingerprint density at radius 1 is 1.07 bits per heavy atom. The van der Waals surface area contributed by atoms with Crippen molar-refractivity contribution in [1.82, 2.24) is 15.1 Å². The van der Waals surface area contributed by atoms with E-state index in [4.69, 9.17) is 4.74 Å². The summed E-state index contributed by atoms with van der Waals surface area (Å²) in [4.78, 5) is 55.0. The van der Waals surface area contributed by atoms with Gasteiger partial charge in [-0.05, 0) is 65.0 Å². The van der Waals surface area contributed by atoms with Crippen molar-refractivity contribution in [2.45, 2.75) is 83.2 Å². The molecule has 3 amide bonds. The van der Waals surface area contributed by atoms with E-state index in [0.29, 0.717) is 63.1 Å². The molecule has 3 heterocycles. The van der Waals surface area contributed by atoms with E-state index in [9.17, 15) is 23.6 Å². The number of piperazine rings is 1. The molecule has 2 saturated heterocycles. The molecule has 9 nitrogen and oxygen atoms in total. The zero-order chi connectivity index (χ0) is 28.8. The highest BCUT2D eigenvalue weighted by atomic mass is 19.1. The number of carbonyl (C=O) groups excluding carboxylic acids is 4. The molecule has 0 aromatic heterocycles. The minimum absolute atomic E-state index is 0.150. The lowest BCUT2D eigenvalue weighted by molar-refractivity contribution is -0.162. The van der Waals surface area contributed by atoms with Gasteiger partial charge in [0.15, 0.2) is 0 Å². The molecule has 11 heteroatoms. The number of imide groups is 1. The number of benzene rings is 1. The highest BCUT2D eigenvalue weighted by Gasteiger charge is 2.42. The van der Waals surface area contributed by atoms with Crippen LogP contribution >= 0.6 is 0 Å². The molecule has 3 aliphatic heterocycles. The quantitative estimate of drug-likeness (QED) is 0.437. The molecule has 0 radical (unpaired) electrons. The number of nitrogens with one attached hydrogen (secondary N) is 1. The topological polar surface area (TPSA) is 99.3 Å². The van der Waals surface area contributed by atoms with Crippen molar-refractivity contribution in [3.8, 4) is 0 Å². The number of rotatable bonds is 5. The molecule has 1 atom stereocenters. The second-order valence-electron chi connectivity index (χ2n) is 12.6. The van der Waals surface area contributed by atoms with Crippen LogP contribution in [0.5, 0.6) is 0 Å². The van der Waals surface area contributed by atoms with E-state index in [1.807, 2.05) is 25.7 Å². The molecule has 0 spiro atoms. The number of alkyl halides is 1. The van der Waals surface area contributed by atoms with Crippen LogP contribution in [0.1, 0.15) is 75.2 Å². The summed E-state index contributed by atoms with van der Waals surface area (Å²) in [7, 11) is 0. The van der Waals surface area contributed by atoms with E-state index < -0.39 is 34.9 Å². The van der Waals surface area contributed by atoms with Gasteiger partial charge in [0.05, 0.1) is 5.92 Å². The third-order valence-corrected chi connectivity index (χ3v) is 8.44. The number of nitrogens with zero attached hydrogens (tertiary/aromatic N) is 3. The molecule has 4 aliphatic rings. The van der Waals surface area contributed by atoms with Gasteiger partial charge in [-0.25, -0.2) is 8.78 Å². The molecule has 1 aliphatic carbocycles. The first-order chi connectivity index (χ1) is 18.8. The van der Waals surface area contributed by atoms with Gasteiger partial charge in [-0.3, -0.25) is 29.4 Å². The van der Waals surface area contributed by atoms with Crippen LogP contribution < -0.4 is 10.2 Å². The average Bonchev–Trinajstić information content (AvgIpc) is 3.19. The lowest BCUT2D eigenvalue weighted by atomic mass is 9.79. The molecule has 218 valence electrons. The molecule has 0 bridgehead atoms. The molecule has 1 saturated carbocycles. The number of piperidine rings is 1. The molecule has 1 unspecified atom stereocenters. The van der Waals surface area contributed by atoms with Crippen molar-refractivity contribution in [3.05, 3.63) is 29.1 Å². The fourth-order valence-corrected chi connectivity index (χ4v) is 6.35. The largest absolute Gasteiger partial charge is 0.460 e. The number of amides is 3. The Hall–Kier alpha value is -3.08. The number of ether oxygens (including phenoxy) is 1. The third kappa shape index (κ3) is 5.99. The maximum absolute atomic E-state index is 15.7. The number of hydrogen-bond donors (Lipinski definition) is 1. The van der Waals surface area contributed by atoms with Crippen LogP contribution in [0.4, 0.5) is 14.5 Å². The number of fused-ring (bicyclic) bond motifs is 1. The normalized spacial score (nSPS) is 28.0. The molecule has 1 N–H and O–H groups in total. The highest BCUT2D eigenvalue weighted by Crippen LogP contribution is 2.38. The van der Waals surface area contributed by atoms with Crippen LogP contribution in [-0.2, 0) is 25.7 Å². The van der Waals surface area contributed by atoms with Crippen LogP contribution in [0.3, 0.4) is 0 Å². The summed E-state index contributed by atoms with van der Waals surface area (Å²) in [6.45, 7) is 8.19. The zero-order valence-electron chi connectivity index (χ0n) is 23.4. The van der Waals surface area contributed by atoms with Crippen molar-refractivity contribution >= 4 is 29.4 Å². The van der Waals surface area contributed by atoms with Crippen molar-refractivity contribution in [2.24, 2.45) is 5.92 Å². The Balaban J connectivity index is 1.19. The molecular formula is C29H38F2N4O5. The standard InChI is InChI=1S/C29H38F2N4O5/c1-28(2,3)40-27(39)18-6-8-29(31,9-7-18)17-33-10-12-34(13-11-33)23-15-19(30)14-20-21(23)16-35(26(20)38)22-4-5-24(36)32-25(22)37/h14-15,18,22H,4-13,16-17H2,1-3H3,(H,32,36,37). The Morgan fingerprint density at radius 3 is 2.38 bits per heavy atom. The van der Waals surface area contributed by atoms with Crippen molar-refractivity contribution in [1.29, 1.82) is 0 Å². The number of hydrogen-bond acceptors (Lipinski definition) is 7. The maximum Gasteiger partial charge on any atom is 0.309 e. The summed E-state index contributed by atoms with van der Waals surface area (Å²) in [5.74, 6) is -2.32. The Kier molecular flexibility index (Phi) is 7.62. The Labute approximate surface area is 233 Å². The summed E-state index contributed by atoms with van der Waals surface area (Å²) in [6, 6.07) is 1.87.